The molecule has 7 nitrogen and oxygen atoms in total. The quantitative estimate of drug-likeness (QED) is 0.717. The maximum Gasteiger partial charge on any atom is 0.321 e. The van der Waals surface area contributed by atoms with E-state index in [0.717, 1.165) is 24.3 Å². The number of hydrogen-bond acceptors (Lipinski definition) is 6. The molecular weight excluding hydrogens is 386 g/mol. The van der Waals surface area contributed by atoms with E-state index in [0.29, 0.717) is 36.4 Å². The maximum atomic E-state index is 12.4. The molecule has 0 spiro atoms. The molecule has 1 aliphatic rings. The third-order valence-electron chi connectivity index (χ3n) is 4.36. The highest BCUT2D eigenvalue weighted by Crippen LogP contribution is 2.19. The number of carbonyl (C=O) groups is 1. The van der Waals surface area contributed by atoms with Gasteiger partial charge in [0.1, 0.15) is 0 Å². The number of amides is 2. The third kappa shape index (κ3) is 4.47. The normalized spacial score (nSPS) is 15.1. The van der Waals surface area contributed by atoms with Crippen LogP contribution in [0.3, 0.4) is 0 Å². The first-order valence-electron chi connectivity index (χ1n) is 8.56. The zero-order valence-electron chi connectivity index (χ0n) is 14.5. The van der Waals surface area contributed by atoms with Crippen LogP contribution in [0.1, 0.15) is 5.89 Å². The van der Waals surface area contributed by atoms with Gasteiger partial charge in [-0.2, -0.15) is 16.3 Å². The first-order valence-corrected chi connectivity index (χ1v) is 9.88. The van der Waals surface area contributed by atoms with E-state index in [2.05, 4.69) is 20.4 Å². The Morgan fingerprint density at radius 3 is 2.67 bits per heavy atom. The second-order valence-electron chi connectivity index (χ2n) is 6.22. The molecule has 4 rings (SSSR count). The molecule has 1 N–H and O–H groups in total. The first-order chi connectivity index (χ1) is 13.2. The van der Waals surface area contributed by atoms with Crippen LogP contribution in [0.5, 0.6) is 0 Å². The highest BCUT2D eigenvalue weighted by molar-refractivity contribution is 7.08. The number of nitrogens with one attached hydrogen (secondary N) is 1. The standard InChI is InChI=1S/C18H18ClN5O2S/c19-14-1-3-15(4-2-14)20-18(25)24-8-6-23(7-9-24)11-16-21-17(22-26-16)13-5-10-27-12-13/h1-5,10,12H,6-9,11H2,(H,20,25). The minimum Gasteiger partial charge on any atom is -0.338 e. The number of thiophene rings is 1. The molecule has 27 heavy (non-hydrogen) atoms. The third-order valence-corrected chi connectivity index (χ3v) is 5.30. The van der Waals surface area contributed by atoms with Crippen LogP contribution in [0.15, 0.2) is 45.6 Å². The Morgan fingerprint density at radius 2 is 1.96 bits per heavy atom. The van der Waals surface area contributed by atoms with Gasteiger partial charge in [-0.15, -0.1) is 0 Å². The van der Waals surface area contributed by atoms with Crippen molar-refractivity contribution in [1.29, 1.82) is 0 Å². The number of halogens is 1. The highest BCUT2D eigenvalue weighted by Gasteiger charge is 2.22. The number of aromatic nitrogens is 2. The lowest BCUT2D eigenvalue weighted by molar-refractivity contribution is 0.133. The van der Waals surface area contributed by atoms with Gasteiger partial charge in [0.15, 0.2) is 0 Å². The monoisotopic (exact) mass is 403 g/mol. The second kappa shape index (κ2) is 8.08. The Morgan fingerprint density at radius 1 is 1.19 bits per heavy atom. The van der Waals surface area contributed by atoms with Crippen LogP contribution in [0, 0.1) is 0 Å². The van der Waals surface area contributed by atoms with Gasteiger partial charge in [0.2, 0.25) is 11.7 Å². The van der Waals surface area contributed by atoms with Crippen LogP contribution in [0.4, 0.5) is 10.5 Å². The van der Waals surface area contributed by atoms with Crippen LogP contribution < -0.4 is 5.32 Å². The SMILES string of the molecule is O=C(Nc1ccc(Cl)cc1)N1CCN(Cc2nc(-c3ccsc3)no2)CC1. The van der Waals surface area contributed by atoms with Crippen molar-refractivity contribution in [3.05, 3.63) is 52.0 Å². The van der Waals surface area contributed by atoms with E-state index in [9.17, 15) is 4.79 Å². The summed E-state index contributed by atoms with van der Waals surface area (Å²) in [5.41, 5.74) is 1.71. The molecule has 1 aromatic carbocycles. The van der Waals surface area contributed by atoms with Crippen LogP contribution in [-0.2, 0) is 6.54 Å². The molecule has 1 saturated heterocycles. The van der Waals surface area contributed by atoms with Gasteiger partial charge in [0, 0.05) is 47.8 Å². The Hall–Kier alpha value is -2.42. The fraction of sp³-hybridized carbons (Fsp3) is 0.278. The summed E-state index contributed by atoms with van der Waals surface area (Å²) in [6, 6.07) is 8.95. The predicted octanol–water partition coefficient (Wildman–Crippen LogP) is 3.80. The smallest absolute Gasteiger partial charge is 0.321 e. The van der Waals surface area contributed by atoms with Crippen LogP contribution >= 0.6 is 22.9 Å². The number of piperazine rings is 1. The number of anilines is 1. The van der Waals surface area contributed by atoms with Gasteiger partial charge in [0.25, 0.3) is 0 Å². The van der Waals surface area contributed by atoms with Crippen molar-refractivity contribution in [2.45, 2.75) is 6.54 Å². The topological polar surface area (TPSA) is 74.5 Å². The van der Waals surface area contributed by atoms with E-state index < -0.39 is 0 Å². The van der Waals surface area contributed by atoms with Gasteiger partial charge in [-0.25, -0.2) is 4.79 Å². The summed E-state index contributed by atoms with van der Waals surface area (Å²) in [5.74, 6) is 1.21. The zero-order valence-corrected chi connectivity index (χ0v) is 16.0. The number of hydrogen-bond donors (Lipinski definition) is 1. The maximum absolute atomic E-state index is 12.4. The highest BCUT2D eigenvalue weighted by atomic mass is 35.5. The lowest BCUT2D eigenvalue weighted by Crippen LogP contribution is -2.49. The summed E-state index contributed by atoms with van der Waals surface area (Å²) >= 11 is 7.47. The van der Waals surface area contributed by atoms with E-state index in [-0.39, 0.29) is 6.03 Å². The molecule has 9 heteroatoms. The van der Waals surface area contributed by atoms with E-state index in [1.165, 1.54) is 0 Å². The molecule has 0 unspecified atom stereocenters. The lowest BCUT2D eigenvalue weighted by Gasteiger charge is -2.33. The molecule has 0 bridgehead atoms. The van der Waals surface area contributed by atoms with Gasteiger partial charge >= 0.3 is 6.03 Å². The average molecular weight is 404 g/mol. The molecular formula is C18H18ClN5O2S. The number of nitrogens with zero attached hydrogens (tertiary/aromatic N) is 4. The number of carbonyl (C=O) groups excluding carboxylic acids is 1. The molecule has 0 radical (unpaired) electrons. The molecule has 0 atom stereocenters. The van der Waals surface area contributed by atoms with Crippen LogP contribution in [0.2, 0.25) is 5.02 Å². The molecule has 3 heterocycles. The Kier molecular flexibility index (Phi) is 5.38. The van der Waals surface area contributed by atoms with Gasteiger partial charge in [-0.05, 0) is 35.7 Å². The summed E-state index contributed by atoms with van der Waals surface area (Å²) in [7, 11) is 0. The summed E-state index contributed by atoms with van der Waals surface area (Å²) in [6.45, 7) is 3.38. The van der Waals surface area contributed by atoms with E-state index in [1.807, 2.05) is 16.8 Å². The summed E-state index contributed by atoms with van der Waals surface area (Å²) in [5, 5.41) is 11.5. The van der Waals surface area contributed by atoms with Crippen molar-refractivity contribution in [1.82, 2.24) is 19.9 Å². The Bertz CT molecular complexity index is 889. The van der Waals surface area contributed by atoms with Gasteiger partial charge in [-0.1, -0.05) is 16.8 Å². The molecule has 0 aliphatic carbocycles. The van der Waals surface area contributed by atoms with Gasteiger partial charge in [0.05, 0.1) is 6.54 Å². The molecule has 1 aliphatic heterocycles. The fourth-order valence-electron chi connectivity index (χ4n) is 2.86. The minimum atomic E-state index is -0.102. The summed E-state index contributed by atoms with van der Waals surface area (Å²) in [6.07, 6.45) is 0. The number of benzene rings is 1. The number of rotatable bonds is 4. The van der Waals surface area contributed by atoms with Gasteiger partial charge < -0.3 is 14.7 Å². The summed E-state index contributed by atoms with van der Waals surface area (Å²) in [4.78, 5) is 20.8. The average Bonchev–Trinajstić information content (AvgIpc) is 3.36. The minimum absolute atomic E-state index is 0.102. The molecule has 1 fully saturated rings. The molecule has 3 aromatic rings. The Balaban J connectivity index is 1.27. The largest absolute Gasteiger partial charge is 0.338 e. The first kappa shape index (κ1) is 18.0. The van der Waals surface area contributed by atoms with Crippen molar-refractivity contribution >= 4 is 34.7 Å². The molecule has 140 valence electrons. The summed E-state index contributed by atoms with van der Waals surface area (Å²) < 4.78 is 5.35. The van der Waals surface area contributed by atoms with Crippen molar-refractivity contribution in [3.63, 3.8) is 0 Å². The van der Waals surface area contributed by atoms with Crippen molar-refractivity contribution in [2.24, 2.45) is 0 Å². The Labute approximate surface area is 165 Å². The lowest BCUT2D eigenvalue weighted by atomic mass is 10.3. The fourth-order valence-corrected chi connectivity index (χ4v) is 3.62. The van der Waals surface area contributed by atoms with E-state index >= 15 is 0 Å². The van der Waals surface area contributed by atoms with Crippen LogP contribution in [-0.4, -0.2) is 52.2 Å². The van der Waals surface area contributed by atoms with Crippen molar-refractivity contribution < 1.29 is 9.32 Å². The number of urea groups is 1. The van der Waals surface area contributed by atoms with E-state index in [4.69, 9.17) is 16.1 Å². The second-order valence-corrected chi connectivity index (χ2v) is 7.44. The molecule has 2 aromatic heterocycles. The van der Waals surface area contributed by atoms with Crippen LogP contribution in [0.25, 0.3) is 11.4 Å². The predicted molar refractivity (Wildman–Crippen MR) is 105 cm³/mol. The molecule has 2 amide bonds. The van der Waals surface area contributed by atoms with E-state index in [1.54, 1.807) is 40.5 Å². The van der Waals surface area contributed by atoms with Crippen molar-refractivity contribution in [3.8, 4) is 11.4 Å². The van der Waals surface area contributed by atoms with Crippen molar-refractivity contribution in [2.75, 3.05) is 31.5 Å². The molecule has 0 saturated carbocycles. The van der Waals surface area contributed by atoms with Gasteiger partial charge in [-0.3, -0.25) is 4.90 Å². The zero-order chi connectivity index (χ0) is 18.6.